The first kappa shape index (κ1) is 14.7. The van der Waals surface area contributed by atoms with E-state index < -0.39 is 0 Å². The lowest BCUT2D eigenvalue weighted by molar-refractivity contribution is 0.604. The summed E-state index contributed by atoms with van der Waals surface area (Å²) in [5.74, 6) is -0.144. The number of hydrogen-bond donors (Lipinski definition) is 0. The zero-order valence-corrected chi connectivity index (χ0v) is 14.0. The Labute approximate surface area is 126 Å². The molecule has 1 aromatic carbocycles. The van der Waals surface area contributed by atoms with Crippen LogP contribution in [0.2, 0.25) is 0 Å². The molecule has 1 heterocycles. The molecule has 1 aromatic heterocycles. The van der Waals surface area contributed by atoms with Crippen LogP contribution < -0.4 is 0 Å². The van der Waals surface area contributed by atoms with Gasteiger partial charge in [0.15, 0.2) is 0 Å². The summed E-state index contributed by atoms with van der Waals surface area (Å²) in [4.78, 5) is 2.62. The third-order valence-electron chi connectivity index (χ3n) is 3.10. The van der Waals surface area contributed by atoms with Gasteiger partial charge in [-0.25, -0.2) is 4.39 Å². The molecule has 0 amide bonds. The number of aryl methyl sites for hydroxylation is 1. The highest BCUT2D eigenvalue weighted by atomic mass is 79.9. The summed E-state index contributed by atoms with van der Waals surface area (Å²) in [6.07, 6.45) is 0. The van der Waals surface area contributed by atoms with Gasteiger partial charge in [-0.15, -0.1) is 11.3 Å². The van der Waals surface area contributed by atoms with Gasteiger partial charge in [0.05, 0.1) is 4.83 Å². The second-order valence-electron chi connectivity index (χ2n) is 5.82. The average Bonchev–Trinajstić information content (AvgIpc) is 2.81. The topological polar surface area (TPSA) is 0 Å². The van der Waals surface area contributed by atoms with Crippen molar-refractivity contribution in [1.82, 2.24) is 0 Å². The molecule has 0 fully saturated rings. The first-order valence-corrected chi connectivity index (χ1v) is 8.02. The Hall–Kier alpha value is -0.670. The molecule has 0 aliphatic rings. The lowest BCUT2D eigenvalue weighted by atomic mass is 9.95. The number of benzene rings is 1. The van der Waals surface area contributed by atoms with Crippen molar-refractivity contribution in [3.05, 3.63) is 57.0 Å². The Balaban J connectivity index is 2.31. The van der Waals surface area contributed by atoms with Crippen molar-refractivity contribution in [2.45, 2.75) is 37.9 Å². The molecule has 102 valence electrons. The van der Waals surface area contributed by atoms with Crippen LogP contribution in [0.5, 0.6) is 0 Å². The van der Waals surface area contributed by atoms with E-state index in [1.165, 1.54) is 9.75 Å². The maximum absolute atomic E-state index is 13.6. The predicted molar refractivity (Wildman–Crippen MR) is 84.9 cm³/mol. The Bertz CT molecular complexity index is 581. The maximum Gasteiger partial charge on any atom is 0.126 e. The molecule has 1 unspecified atom stereocenters. The summed E-state index contributed by atoms with van der Waals surface area (Å²) in [5, 5.41) is 0. The Morgan fingerprint density at radius 3 is 2.37 bits per heavy atom. The lowest BCUT2D eigenvalue weighted by Gasteiger charge is -2.15. The predicted octanol–water partition coefficient (Wildman–Crippen LogP) is 5.98. The Morgan fingerprint density at radius 1 is 1.16 bits per heavy atom. The number of rotatable bonds is 2. The average molecular weight is 341 g/mol. The summed E-state index contributed by atoms with van der Waals surface area (Å²) >= 11 is 5.46. The van der Waals surface area contributed by atoms with E-state index in [2.05, 4.69) is 48.8 Å². The number of alkyl halides is 1. The normalized spacial score (nSPS) is 13.6. The molecule has 0 N–H and O–H groups in total. The molecule has 2 rings (SSSR count). The molecule has 0 aliphatic heterocycles. The molecular weight excluding hydrogens is 323 g/mol. The van der Waals surface area contributed by atoms with E-state index in [1.807, 2.05) is 12.1 Å². The van der Waals surface area contributed by atoms with Gasteiger partial charge in [-0.2, -0.15) is 0 Å². The molecule has 0 bridgehead atoms. The van der Waals surface area contributed by atoms with Crippen LogP contribution in [-0.2, 0) is 5.41 Å². The lowest BCUT2D eigenvalue weighted by Crippen LogP contribution is -2.07. The van der Waals surface area contributed by atoms with Crippen LogP contribution in [0.1, 0.15) is 46.5 Å². The zero-order chi connectivity index (χ0) is 14.2. The third-order valence-corrected chi connectivity index (χ3v) is 6.01. The van der Waals surface area contributed by atoms with E-state index in [9.17, 15) is 4.39 Å². The third kappa shape index (κ3) is 3.26. The van der Waals surface area contributed by atoms with Gasteiger partial charge in [-0.3, -0.25) is 0 Å². The maximum atomic E-state index is 13.6. The van der Waals surface area contributed by atoms with Gasteiger partial charge in [-0.05, 0) is 41.7 Å². The van der Waals surface area contributed by atoms with Gasteiger partial charge in [0, 0.05) is 9.75 Å². The molecule has 3 heteroatoms. The van der Waals surface area contributed by atoms with Crippen molar-refractivity contribution < 1.29 is 4.39 Å². The molecule has 1 atom stereocenters. The second-order valence-corrected chi connectivity index (χ2v) is 7.85. The largest absolute Gasteiger partial charge is 0.207 e. The van der Waals surface area contributed by atoms with E-state index in [-0.39, 0.29) is 16.1 Å². The number of halogens is 2. The van der Waals surface area contributed by atoms with E-state index in [0.717, 1.165) is 5.56 Å². The van der Waals surface area contributed by atoms with Crippen molar-refractivity contribution in [3.8, 4) is 0 Å². The quantitative estimate of drug-likeness (QED) is 0.590. The smallest absolute Gasteiger partial charge is 0.126 e. The molecule has 2 aromatic rings. The van der Waals surface area contributed by atoms with Gasteiger partial charge in [0.25, 0.3) is 0 Å². The minimum absolute atomic E-state index is 0.0590. The molecule has 0 radical (unpaired) electrons. The Kier molecular flexibility index (Phi) is 4.17. The number of thiophene rings is 1. The molecule has 19 heavy (non-hydrogen) atoms. The van der Waals surface area contributed by atoms with Crippen LogP contribution >= 0.6 is 27.3 Å². The second kappa shape index (κ2) is 5.37. The fourth-order valence-corrected chi connectivity index (χ4v) is 3.61. The highest BCUT2D eigenvalue weighted by molar-refractivity contribution is 9.09. The first-order chi connectivity index (χ1) is 8.79. The molecule has 0 saturated heterocycles. The van der Waals surface area contributed by atoms with Crippen molar-refractivity contribution in [2.75, 3.05) is 0 Å². The first-order valence-electron chi connectivity index (χ1n) is 6.29. The van der Waals surface area contributed by atoms with Gasteiger partial charge in [0.2, 0.25) is 0 Å². The summed E-state index contributed by atoms with van der Waals surface area (Å²) in [7, 11) is 0. The summed E-state index contributed by atoms with van der Waals surface area (Å²) in [6, 6.07) is 9.72. The summed E-state index contributed by atoms with van der Waals surface area (Å²) < 4.78 is 13.6. The van der Waals surface area contributed by atoms with Crippen LogP contribution in [0.3, 0.4) is 0 Å². The van der Waals surface area contributed by atoms with Gasteiger partial charge in [0.1, 0.15) is 5.82 Å². The highest BCUT2D eigenvalue weighted by Crippen LogP contribution is 2.39. The van der Waals surface area contributed by atoms with E-state index in [1.54, 1.807) is 24.3 Å². The van der Waals surface area contributed by atoms with Crippen molar-refractivity contribution in [2.24, 2.45) is 0 Å². The molecule has 0 spiro atoms. The molecule has 0 aliphatic carbocycles. The standard InChI is InChI=1S/C16H18BrFS/c1-10-5-6-11(9-12(10)18)15(17)13-7-8-14(19-13)16(2,3)4/h5-9,15H,1-4H3. The van der Waals surface area contributed by atoms with Crippen molar-refractivity contribution >= 4 is 27.3 Å². The van der Waals surface area contributed by atoms with Crippen LogP contribution in [0.25, 0.3) is 0 Å². The summed E-state index contributed by atoms with van der Waals surface area (Å²) in [5.41, 5.74) is 1.81. The molecular formula is C16H18BrFS. The minimum atomic E-state index is -0.144. The van der Waals surface area contributed by atoms with Gasteiger partial charge < -0.3 is 0 Å². The minimum Gasteiger partial charge on any atom is -0.207 e. The molecule has 0 nitrogen and oxygen atoms in total. The van der Waals surface area contributed by atoms with Gasteiger partial charge >= 0.3 is 0 Å². The van der Waals surface area contributed by atoms with Crippen molar-refractivity contribution in [1.29, 1.82) is 0 Å². The fraction of sp³-hybridized carbons (Fsp3) is 0.375. The van der Waals surface area contributed by atoms with E-state index >= 15 is 0 Å². The van der Waals surface area contributed by atoms with Crippen LogP contribution in [0.15, 0.2) is 30.3 Å². The van der Waals surface area contributed by atoms with E-state index in [4.69, 9.17) is 0 Å². The summed E-state index contributed by atoms with van der Waals surface area (Å²) in [6.45, 7) is 8.40. The fourth-order valence-electron chi connectivity index (χ4n) is 1.82. The zero-order valence-electron chi connectivity index (χ0n) is 11.6. The van der Waals surface area contributed by atoms with Gasteiger partial charge in [-0.1, -0.05) is 48.8 Å². The Morgan fingerprint density at radius 2 is 1.84 bits per heavy atom. The van der Waals surface area contributed by atoms with E-state index in [0.29, 0.717) is 5.56 Å². The number of hydrogen-bond acceptors (Lipinski definition) is 1. The monoisotopic (exact) mass is 340 g/mol. The van der Waals surface area contributed by atoms with Crippen molar-refractivity contribution in [3.63, 3.8) is 0 Å². The van der Waals surface area contributed by atoms with Crippen LogP contribution in [0, 0.1) is 12.7 Å². The van der Waals surface area contributed by atoms with Crippen LogP contribution in [-0.4, -0.2) is 0 Å². The SMILES string of the molecule is Cc1ccc(C(Br)c2ccc(C(C)(C)C)s2)cc1F. The highest BCUT2D eigenvalue weighted by Gasteiger charge is 2.19. The van der Waals surface area contributed by atoms with Crippen LogP contribution in [0.4, 0.5) is 4.39 Å². The molecule has 0 saturated carbocycles.